The number of ketones is 1. The quantitative estimate of drug-likeness (QED) is 0.132. The first-order valence-corrected chi connectivity index (χ1v) is 14.1. The van der Waals surface area contributed by atoms with Gasteiger partial charge in [-0.05, 0) is 77.9 Å². The highest BCUT2D eigenvalue weighted by Gasteiger charge is 2.47. The summed E-state index contributed by atoms with van der Waals surface area (Å²) in [5.74, 6) is -0.0982. The summed E-state index contributed by atoms with van der Waals surface area (Å²) >= 11 is 1.43. The molecule has 1 aromatic heterocycles. The molecule has 40 heavy (non-hydrogen) atoms. The van der Waals surface area contributed by atoms with Crippen LogP contribution in [0.15, 0.2) is 95.9 Å². The van der Waals surface area contributed by atoms with E-state index in [0.717, 1.165) is 21.8 Å². The van der Waals surface area contributed by atoms with Crippen LogP contribution in [-0.4, -0.2) is 23.4 Å². The van der Waals surface area contributed by atoms with Gasteiger partial charge in [0.25, 0.3) is 11.7 Å². The minimum absolute atomic E-state index is 0.0655. The van der Waals surface area contributed by atoms with Crippen LogP contribution in [0, 0.1) is 0 Å². The van der Waals surface area contributed by atoms with Gasteiger partial charge in [-0.3, -0.25) is 14.5 Å². The number of Topliss-reactive ketones (excluding diaryl/α,β-unsaturated/α-hetero) is 1. The highest BCUT2D eigenvalue weighted by Crippen LogP contribution is 2.44. The number of amides is 1. The van der Waals surface area contributed by atoms with Crippen LogP contribution >= 0.6 is 11.3 Å². The van der Waals surface area contributed by atoms with Crippen molar-refractivity contribution >= 4 is 34.5 Å². The third-order valence-corrected chi connectivity index (χ3v) is 7.75. The van der Waals surface area contributed by atoms with Crippen molar-refractivity contribution < 1.29 is 24.2 Å². The fourth-order valence-electron chi connectivity index (χ4n) is 4.85. The average Bonchev–Trinajstić information content (AvgIpc) is 3.59. The van der Waals surface area contributed by atoms with Crippen molar-refractivity contribution in [3.05, 3.63) is 117 Å². The number of anilines is 1. The first-order chi connectivity index (χ1) is 19.4. The molecule has 0 aliphatic carbocycles. The number of hydrogen-bond donors (Lipinski definition) is 1. The van der Waals surface area contributed by atoms with Crippen molar-refractivity contribution in [2.75, 3.05) is 11.5 Å². The van der Waals surface area contributed by atoms with E-state index in [1.165, 1.54) is 16.2 Å². The number of nitrogens with zero attached hydrogens (tertiary/aromatic N) is 1. The molecular formula is C33H31NO5S. The molecule has 3 aromatic carbocycles. The molecule has 1 unspecified atom stereocenters. The minimum Gasteiger partial charge on any atom is -0.507 e. The summed E-state index contributed by atoms with van der Waals surface area (Å²) in [6.45, 7) is 6.94. The lowest BCUT2D eigenvalue weighted by atomic mass is 9.95. The molecule has 0 saturated carbocycles. The summed E-state index contributed by atoms with van der Waals surface area (Å²) in [4.78, 5) is 29.2. The normalized spacial score (nSPS) is 16.5. The molecule has 0 bridgehead atoms. The van der Waals surface area contributed by atoms with Crippen molar-refractivity contribution in [2.24, 2.45) is 0 Å². The van der Waals surface area contributed by atoms with E-state index in [1.54, 1.807) is 36.4 Å². The van der Waals surface area contributed by atoms with Crippen molar-refractivity contribution in [3.63, 3.8) is 0 Å². The van der Waals surface area contributed by atoms with Gasteiger partial charge in [-0.25, -0.2) is 0 Å². The number of carbonyl (C=O) groups is 2. The van der Waals surface area contributed by atoms with Crippen LogP contribution in [0.2, 0.25) is 0 Å². The Labute approximate surface area is 238 Å². The number of aliphatic hydroxyl groups is 1. The Balaban J connectivity index is 1.51. The number of carbonyl (C=O) groups excluding carboxylic acids is 2. The van der Waals surface area contributed by atoms with Crippen molar-refractivity contribution in [1.29, 1.82) is 0 Å². The predicted molar refractivity (Wildman–Crippen MR) is 158 cm³/mol. The predicted octanol–water partition coefficient (Wildman–Crippen LogP) is 7.48. The monoisotopic (exact) mass is 553 g/mol. The standard InChI is InChI=1S/C33H31NO5S/c1-4-38-27-17-12-23(19-26(27)21(2)3)31(35)29-30(28-11-8-18-40-28)34(33(37)32(29)36)24-13-15-25(16-14-24)39-20-22-9-6-5-7-10-22/h5-19,21,30,35H,4,20H2,1-3H3/b31-29-. The molecule has 204 valence electrons. The van der Waals surface area contributed by atoms with E-state index in [2.05, 4.69) is 0 Å². The molecule has 1 saturated heterocycles. The Kier molecular flexibility index (Phi) is 8.03. The maximum absolute atomic E-state index is 13.5. The largest absolute Gasteiger partial charge is 0.507 e. The number of hydrogen-bond acceptors (Lipinski definition) is 6. The number of aliphatic hydroxyl groups excluding tert-OH is 1. The van der Waals surface area contributed by atoms with Gasteiger partial charge in [-0.2, -0.15) is 0 Å². The van der Waals surface area contributed by atoms with E-state index in [4.69, 9.17) is 9.47 Å². The van der Waals surface area contributed by atoms with Crippen LogP contribution in [0.3, 0.4) is 0 Å². The Morgan fingerprint density at radius 2 is 1.70 bits per heavy atom. The summed E-state index contributed by atoms with van der Waals surface area (Å²) in [7, 11) is 0. The lowest BCUT2D eigenvalue weighted by Crippen LogP contribution is -2.29. The van der Waals surface area contributed by atoms with Crippen LogP contribution < -0.4 is 14.4 Å². The van der Waals surface area contributed by atoms with Gasteiger partial charge in [0.2, 0.25) is 0 Å². The van der Waals surface area contributed by atoms with E-state index in [1.807, 2.05) is 74.7 Å². The highest BCUT2D eigenvalue weighted by atomic mass is 32.1. The van der Waals surface area contributed by atoms with E-state index in [-0.39, 0.29) is 17.3 Å². The van der Waals surface area contributed by atoms with Crippen molar-refractivity contribution in [2.45, 2.75) is 39.3 Å². The summed E-state index contributed by atoms with van der Waals surface area (Å²) in [5, 5.41) is 13.4. The summed E-state index contributed by atoms with van der Waals surface area (Å²) in [6.07, 6.45) is 0. The topological polar surface area (TPSA) is 76.1 Å². The average molecular weight is 554 g/mol. The van der Waals surface area contributed by atoms with Crippen LogP contribution in [0.4, 0.5) is 5.69 Å². The third-order valence-electron chi connectivity index (χ3n) is 6.83. The Bertz CT molecular complexity index is 1530. The molecule has 5 rings (SSSR count). The summed E-state index contributed by atoms with van der Waals surface area (Å²) in [6, 6.07) is 25.3. The zero-order valence-corrected chi connectivity index (χ0v) is 23.5. The first kappa shape index (κ1) is 27.2. The van der Waals surface area contributed by atoms with Crippen LogP contribution in [-0.2, 0) is 16.2 Å². The Morgan fingerprint density at radius 1 is 0.950 bits per heavy atom. The van der Waals surface area contributed by atoms with Gasteiger partial charge in [0.15, 0.2) is 0 Å². The van der Waals surface area contributed by atoms with E-state index in [0.29, 0.717) is 30.2 Å². The van der Waals surface area contributed by atoms with Crippen molar-refractivity contribution in [1.82, 2.24) is 0 Å². The first-order valence-electron chi connectivity index (χ1n) is 13.3. The fourth-order valence-corrected chi connectivity index (χ4v) is 5.67. The van der Waals surface area contributed by atoms with Crippen LogP contribution in [0.1, 0.15) is 54.3 Å². The maximum atomic E-state index is 13.5. The molecule has 1 N–H and O–H groups in total. The summed E-state index contributed by atoms with van der Waals surface area (Å²) < 4.78 is 11.7. The molecule has 7 heteroatoms. The molecular weight excluding hydrogens is 522 g/mol. The lowest BCUT2D eigenvalue weighted by Gasteiger charge is -2.24. The molecule has 6 nitrogen and oxygen atoms in total. The van der Waals surface area contributed by atoms with E-state index in [9.17, 15) is 14.7 Å². The zero-order valence-electron chi connectivity index (χ0n) is 22.7. The van der Waals surface area contributed by atoms with Gasteiger partial charge in [0.05, 0.1) is 12.2 Å². The van der Waals surface area contributed by atoms with Crippen molar-refractivity contribution in [3.8, 4) is 11.5 Å². The second-order valence-electron chi connectivity index (χ2n) is 9.79. The smallest absolute Gasteiger partial charge is 0.300 e. The van der Waals surface area contributed by atoms with Crippen LogP contribution in [0.5, 0.6) is 11.5 Å². The molecule has 2 heterocycles. The van der Waals surface area contributed by atoms with Gasteiger partial charge < -0.3 is 14.6 Å². The second kappa shape index (κ2) is 11.8. The fraction of sp³-hybridized carbons (Fsp3) is 0.212. The molecule has 1 amide bonds. The van der Waals surface area contributed by atoms with E-state index >= 15 is 0 Å². The van der Waals surface area contributed by atoms with Gasteiger partial charge in [-0.15, -0.1) is 11.3 Å². The SMILES string of the molecule is CCOc1ccc(/C(O)=C2/C(=O)C(=O)N(c3ccc(OCc4ccccc4)cc3)C2c2cccs2)cc1C(C)C. The van der Waals surface area contributed by atoms with Gasteiger partial charge in [-0.1, -0.05) is 50.2 Å². The van der Waals surface area contributed by atoms with E-state index < -0.39 is 17.7 Å². The molecule has 1 aliphatic heterocycles. The number of ether oxygens (including phenoxy) is 2. The van der Waals surface area contributed by atoms with Gasteiger partial charge in [0, 0.05) is 16.1 Å². The lowest BCUT2D eigenvalue weighted by molar-refractivity contribution is -0.132. The maximum Gasteiger partial charge on any atom is 0.300 e. The highest BCUT2D eigenvalue weighted by molar-refractivity contribution is 7.10. The molecule has 1 atom stereocenters. The Morgan fingerprint density at radius 3 is 2.35 bits per heavy atom. The van der Waals surface area contributed by atoms with Crippen LogP contribution in [0.25, 0.3) is 5.76 Å². The van der Waals surface area contributed by atoms with Gasteiger partial charge >= 0.3 is 0 Å². The number of rotatable bonds is 9. The Hall–Kier alpha value is -4.36. The molecule has 4 aromatic rings. The molecule has 1 fully saturated rings. The minimum atomic E-state index is -0.759. The molecule has 1 aliphatic rings. The number of thiophene rings is 1. The molecule has 0 spiro atoms. The second-order valence-corrected chi connectivity index (χ2v) is 10.8. The number of benzene rings is 3. The molecule has 0 radical (unpaired) electrons. The zero-order chi connectivity index (χ0) is 28.2. The summed E-state index contributed by atoms with van der Waals surface area (Å²) in [5.41, 5.74) is 3.04. The third kappa shape index (κ3) is 5.38. The van der Waals surface area contributed by atoms with Gasteiger partial charge in [0.1, 0.15) is 29.9 Å².